The molecule has 0 aliphatic carbocycles. The molecule has 1 aromatic carbocycles. The van der Waals surface area contributed by atoms with Gasteiger partial charge in [0.25, 0.3) is 5.91 Å². The maximum Gasteiger partial charge on any atom is 0.290 e. The van der Waals surface area contributed by atoms with Crippen LogP contribution in [0.1, 0.15) is 27.9 Å². The summed E-state index contributed by atoms with van der Waals surface area (Å²) in [4.78, 5) is 26.7. The highest BCUT2D eigenvalue weighted by Gasteiger charge is 2.44. The van der Waals surface area contributed by atoms with Crippen molar-refractivity contribution in [3.05, 3.63) is 70.6 Å². The predicted molar refractivity (Wildman–Crippen MR) is 90.2 cm³/mol. The van der Waals surface area contributed by atoms with E-state index < -0.39 is 29.3 Å². The summed E-state index contributed by atoms with van der Waals surface area (Å²) < 4.78 is 23.7. The number of halogens is 1. The van der Waals surface area contributed by atoms with Gasteiger partial charge in [-0.05, 0) is 36.8 Å². The first-order chi connectivity index (χ1) is 12.4. The molecule has 1 N–H and O–H groups in total. The first kappa shape index (κ1) is 17.9. The minimum absolute atomic E-state index is 0.0255. The van der Waals surface area contributed by atoms with E-state index in [1.54, 1.807) is 13.0 Å². The number of nitrogens with zero attached hydrogens (tertiary/aromatic N) is 1. The minimum Gasteiger partial charge on any atom is -0.503 e. The lowest BCUT2D eigenvalue weighted by Crippen LogP contribution is -2.34. The van der Waals surface area contributed by atoms with Crippen molar-refractivity contribution in [3.63, 3.8) is 0 Å². The molecule has 0 spiro atoms. The summed E-state index contributed by atoms with van der Waals surface area (Å²) in [5.41, 5.74) is 0.415. The van der Waals surface area contributed by atoms with Crippen LogP contribution in [0, 0.1) is 12.7 Å². The van der Waals surface area contributed by atoms with Crippen molar-refractivity contribution in [2.24, 2.45) is 0 Å². The Kier molecular flexibility index (Phi) is 4.90. The van der Waals surface area contributed by atoms with Crippen LogP contribution < -0.4 is 0 Å². The number of aliphatic hydroxyl groups is 1. The molecule has 7 heteroatoms. The summed E-state index contributed by atoms with van der Waals surface area (Å²) in [5.74, 6) is -1.77. The third-order valence-corrected chi connectivity index (χ3v) is 4.23. The Morgan fingerprint density at radius 3 is 2.54 bits per heavy atom. The summed E-state index contributed by atoms with van der Waals surface area (Å²) in [6.07, 6.45) is 0. The minimum atomic E-state index is -0.851. The molecule has 1 aliphatic rings. The molecule has 1 aliphatic heterocycles. The molecule has 2 heterocycles. The van der Waals surface area contributed by atoms with Crippen molar-refractivity contribution in [2.75, 3.05) is 20.3 Å². The van der Waals surface area contributed by atoms with Gasteiger partial charge in [-0.1, -0.05) is 12.1 Å². The first-order valence-corrected chi connectivity index (χ1v) is 8.03. The number of carbonyl (C=O) groups is 2. The van der Waals surface area contributed by atoms with E-state index in [0.29, 0.717) is 11.3 Å². The summed E-state index contributed by atoms with van der Waals surface area (Å²) >= 11 is 0. The number of ketones is 1. The van der Waals surface area contributed by atoms with E-state index in [2.05, 4.69) is 0 Å². The van der Waals surface area contributed by atoms with E-state index in [4.69, 9.17) is 9.15 Å². The fraction of sp³-hybridized carbons (Fsp3) is 0.263. The van der Waals surface area contributed by atoms with Gasteiger partial charge in [-0.25, -0.2) is 4.39 Å². The third kappa shape index (κ3) is 3.13. The molecular weight excluding hydrogens is 341 g/mol. The number of carbonyl (C=O) groups excluding carboxylic acids is 2. The Morgan fingerprint density at radius 1 is 1.27 bits per heavy atom. The summed E-state index contributed by atoms with van der Waals surface area (Å²) in [5, 5.41) is 10.4. The SMILES string of the molecule is COCCN1C(=O)C(O)=C(C(=O)c2ccc(C)o2)[C@H]1c1ccc(F)cc1. The second kappa shape index (κ2) is 7.13. The number of ether oxygens (including phenoxy) is 1. The Labute approximate surface area is 149 Å². The van der Waals surface area contributed by atoms with Crippen molar-refractivity contribution >= 4 is 11.7 Å². The maximum atomic E-state index is 13.3. The lowest BCUT2D eigenvalue weighted by molar-refractivity contribution is -0.130. The van der Waals surface area contributed by atoms with Crippen LogP contribution in [-0.2, 0) is 9.53 Å². The lowest BCUT2D eigenvalue weighted by Gasteiger charge is -2.26. The number of aryl methyl sites for hydroxylation is 1. The molecule has 136 valence electrons. The van der Waals surface area contributed by atoms with Crippen LogP contribution in [0.3, 0.4) is 0 Å². The molecule has 0 saturated carbocycles. The number of benzene rings is 1. The van der Waals surface area contributed by atoms with E-state index in [9.17, 15) is 19.1 Å². The summed E-state index contributed by atoms with van der Waals surface area (Å²) in [7, 11) is 1.48. The highest BCUT2D eigenvalue weighted by molar-refractivity contribution is 6.15. The molecule has 1 atom stereocenters. The third-order valence-electron chi connectivity index (χ3n) is 4.23. The molecule has 0 radical (unpaired) electrons. The number of methoxy groups -OCH3 is 1. The molecule has 26 heavy (non-hydrogen) atoms. The van der Waals surface area contributed by atoms with Crippen LogP contribution in [-0.4, -0.2) is 42.0 Å². The standard InChI is InChI=1S/C19H18FNO5/c1-11-3-8-14(26-11)17(22)15-16(12-4-6-13(20)7-5-12)21(9-10-25-2)19(24)18(15)23/h3-8,16,23H,9-10H2,1-2H3/t16-/m1/s1. The van der Waals surface area contributed by atoms with Gasteiger partial charge in [0.15, 0.2) is 11.5 Å². The number of aliphatic hydroxyl groups excluding tert-OH is 1. The van der Waals surface area contributed by atoms with Crippen LogP contribution >= 0.6 is 0 Å². The first-order valence-electron chi connectivity index (χ1n) is 8.03. The van der Waals surface area contributed by atoms with Crippen molar-refractivity contribution in [2.45, 2.75) is 13.0 Å². The van der Waals surface area contributed by atoms with Crippen molar-refractivity contribution < 1.29 is 28.2 Å². The number of hydrogen-bond acceptors (Lipinski definition) is 5. The Bertz CT molecular complexity index is 868. The van der Waals surface area contributed by atoms with Crippen LogP contribution in [0.4, 0.5) is 4.39 Å². The average Bonchev–Trinajstić information content (AvgIpc) is 3.16. The topological polar surface area (TPSA) is 80.0 Å². The highest BCUT2D eigenvalue weighted by atomic mass is 19.1. The lowest BCUT2D eigenvalue weighted by atomic mass is 9.95. The van der Waals surface area contributed by atoms with Gasteiger partial charge in [-0.3, -0.25) is 9.59 Å². The number of rotatable bonds is 6. The zero-order chi connectivity index (χ0) is 18.8. The van der Waals surface area contributed by atoms with Gasteiger partial charge >= 0.3 is 0 Å². The van der Waals surface area contributed by atoms with E-state index in [0.717, 1.165) is 0 Å². The second-order valence-corrected chi connectivity index (χ2v) is 5.95. The number of hydrogen-bond donors (Lipinski definition) is 1. The van der Waals surface area contributed by atoms with Crippen molar-refractivity contribution in [1.82, 2.24) is 4.90 Å². The summed E-state index contributed by atoms with van der Waals surface area (Å²) in [6, 6.07) is 7.69. The van der Waals surface area contributed by atoms with Crippen LogP contribution in [0.2, 0.25) is 0 Å². The van der Waals surface area contributed by atoms with Crippen molar-refractivity contribution in [3.8, 4) is 0 Å². The van der Waals surface area contributed by atoms with Gasteiger partial charge in [-0.2, -0.15) is 0 Å². The largest absolute Gasteiger partial charge is 0.503 e. The molecule has 1 amide bonds. The summed E-state index contributed by atoms with van der Waals surface area (Å²) in [6.45, 7) is 2.07. The zero-order valence-electron chi connectivity index (χ0n) is 14.4. The molecule has 1 aromatic heterocycles. The second-order valence-electron chi connectivity index (χ2n) is 5.95. The van der Waals surface area contributed by atoms with Gasteiger partial charge < -0.3 is 19.2 Å². The van der Waals surface area contributed by atoms with Crippen LogP contribution in [0.15, 0.2) is 52.1 Å². The smallest absolute Gasteiger partial charge is 0.290 e. The van der Waals surface area contributed by atoms with Crippen LogP contribution in [0.5, 0.6) is 0 Å². The zero-order valence-corrected chi connectivity index (χ0v) is 14.4. The monoisotopic (exact) mass is 359 g/mol. The molecule has 2 aromatic rings. The van der Waals surface area contributed by atoms with Gasteiger partial charge in [0.1, 0.15) is 11.6 Å². The van der Waals surface area contributed by atoms with Gasteiger partial charge in [0.2, 0.25) is 5.78 Å². The quantitative estimate of drug-likeness (QED) is 0.802. The maximum absolute atomic E-state index is 13.3. The molecule has 6 nitrogen and oxygen atoms in total. The van der Waals surface area contributed by atoms with E-state index in [1.807, 2.05) is 0 Å². The van der Waals surface area contributed by atoms with E-state index in [1.165, 1.54) is 42.3 Å². The molecule has 0 saturated heterocycles. The number of amides is 1. The number of furan rings is 1. The van der Waals surface area contributed by atoms with Gasteiger partial charge in [-0.15, -0.1) is 0 Å². The van der Waals surface area contributed by atoms with E-state index >= 15 is 0 Å². The molecule has 3 rings (SSSR count). The molecule has 0 unspecified atom stereocenters. The number of Topliss-reactive ketones (excluding diaryl/α,β-unsaturated/α-hetero) is 1. The normalized spacial score (nSPS) is 17.3. The predicted octanol–water partition coefficient (Wildman–Crippen LogP) is 2.95. The fourth-order valence-corrected chi connectivity index (χ4v) is 2.99. The molecular formula is C19H18FNO5. The molecule has 0 fully saturated rings. The van der Waals surface area contributed by atoms with Crippen molar-refractivity contribution in [1.29, 1.82) is 0 Å². The fourth-order valence-electron chi connectivity index (χ4n) is 2.99. The Morgan fingerprint density at radius 2 is 1.96 bits per heavy atom. The Balaban J connectivity index is 2.07. The highest BCUT2D eigenvalue weighted by Crippen LogP contribution is 2.39. The van der Waals surface area contributed by atoms with Gasteiger partial charge in [0, 0.05) is 13.7 Å². The average molecular weight is 359 g/mol. The van der Waals surface area contributed by atoms with Gasteiger partial charge in [0.05, 0.1) is 18.2 Å². The van der Waals surface area contributed by atoms with Crippen LogP contribution in [0.25, 0.3) is 0 Å². The van der Waals surface area contributed by atoms with E-state index in [-0.39, 0.29) is 24.5 Å². The molecule has 0 bridgehead atoms. The Hall–Kier alpha value is -2.93.